The number of nitrogens with one attached hydrogen (secondary N) is 1. The molecule has 1 atom stereocenters. The van der Waals surface area contributed by atoms with Gasteiger partial charge in [-0.05, 0) is 26.3 Å². The molecule has 0 aromatic carbocycles. The van der Waals surface area contributed by atoms with E-state index in [1.165, 1.54) is 0 Å². The van der Waals surface area contributed by atoms with Crippen LogP contribution in [-0.2, 0) is 9.53 Å². The van der Waals surface area contributed by atoms with E-state index in [0.717, 1.165) is 38.9 Å². The summed E-state index contributed by atoms with van der Waals surface area (Å²) in [5.74, 6) is -0.0466. The Morgan fingerprint density at radius 3 is 2.47 bits per heavy atom. The van der Waals surface area contributed by atoms with Gasteiger partial charge in [0.2, 0.25) is 0 Å². The first-order valence-corrected chi connectivity index (χ1v) is 6.87. The Hall–Kier alpha value is -0.610. The third kappa shape index (κ3) is 3.96. The number of carbonyl (C=O) groups is 1. The Balaban J connectivity index is 2.64. The van der Waals surface area contributed by atoms with Gasteiger partial charge in [-0.25, -0.2) is 0 Å². The molecular weight excluding hydrogens is 216 g/mol. The fraction of sp³-hybridized carbons (Fsp3) is 0.923. The summed E-state index contributed by atoms with van der Waals surface area (Å²) in [7, 11) is 0. The van der Waals surface area contributed by atoms with Gasteiger partial charge in [-0.1, -0.05) is 20.3 Å². The van der Waals surface area contributed by atoms with Gasteiger partial charge in [0.05, 0.1) is 6.61 Å². The van der Waals surface area contributed by atoms with Crippen molar-refractivity contribution in [3.63, 3.8) is 0 Å². The van der Waals surface area contributed by atoms with E-state index in [1.807, 2.05) is 6.92 Å². The van der Waals surface area contributed by atoms with E-state index in [1.54, 1.807) is 0 Å². The van der Waals surface area contributed by atoms with Gasteiger partial charge in [0.15, 0.2) is 0 Å². The zero-order valence-corrected chi connectivity index (χ0v) is 11.4. The average Bonchev–Trinajstić information content (AvgIpc) is 2.23. The van der Waals surface area contributed by atoms with Gasteiger partial charge < -0.3 is 10.1 Å². The lowest BCUT2D eigenvalue weighted by Gasteiger charge is -2.41. The van der Waals surface area contributed by atoms with Crippen LogP contribution in [0.15, 0.2) is 0 Å². The lowest BCUT2D eigenvalue weighted by atomic mass is 10.0. The zero-order valence-electron chi connectivity index (χ0n) is 11.4. The second kappa shape index (κ2) is 7.67. The van der Waals surface area contributed by atoms with Crippen molar-refractivity contribution in [3.8, 4) is 0 Å². The smallest absolute Gasteiger partial charge is 0.323 e. The van der Waals surface area contributed by atoms with E-state index < -0.39 is 0 Å². The van der Waals surface area contributed by atoms with Crippen molar-refractivity contribution >= 4 is 5.97 Å². The molecule has 1 aliphatic heterocycles. The Morgan fingerprint density at radius 1 is 1.35 bits per heavy atom. The predicted octanol–water partition coefficient (Wildman–Crippen LogP) is 1.40. The highest BCUT2D eigenvalue weighted by Crippen LogP contribution is 2.16. The highest BCUT2D eigenvalue weighted by molar-refractivity contribution is 5.75. The van der Waals surface area contributed by atoms with E-state index >= 15 is 0 Å². The second-order valence-electron chi connectivity index (χ2n) is 4.61. The number of hydrogen-bond acceptors (Lipinski definition) is 4. The molecule has 1 saturated heterocycles. The maximum Gasteiger partial charge on any atom is 0.323 e. The van der Waals surface area contributed by atoms with E-state index in [0.29, 0.717) is 12.6 Å². The maximum atomic E-state index is 12.0. The number of carbonyl (C=O) groups excluding carboxylic acids is 1. The zero-order chi connectivity index (χ0) is 12.7. The van der Waals surface area contributed by atoms with Crippen LogP contribution in [0.25, 0.3) is 0 Å². The topological polar surface area (TPSA) is 41.6 Å². The summed E-state index contributed by atoms with van der Waals surface area (Å²) in [6.45, 7) is 9.61. The van der Waals surface area contributed by atoms with Gasteiger partial charge in [0.25, 0.3) is 0 Å². The molecular formula is C13H26N2O2. The first-order valence-electron chi connectivity index (χ1n) is 6.87. The minimum Gasteiger partial charge on any atom is -0.465 e. The Kier molecular flexibility index (Phi) is 6.52. The van der Waals surface area contributed by atoms with Gasteiger partial charge in [0, 0.05) is 19.1 Å². The molecule has 1 heterocycles. The highest BCUT2D eigenvalue weighted by atomic mass is 16.5. The first-order chi connectivity index (χ1) is 8.24. The Bertz CT molecular complexity index is 229. The van der Waals surface area contributed by atoms with Crippen LogP contribution >= 0.6 is 0 Å². The molecule has 0 aromatic rings. The number of ether oxygens (including phenoxy) is 1. The molecule has 0 amide bonds. The molecule has 1 N–H and O–H groups in total. The molecule has 4 nitrogen and oxygen atoms in total. The molecule has 17 heavy (non-hydrogen) atoms. The van der Waals surface area contributed by atoms with Crippen molar-refractivity contribution in [1.82, 2.24) is 10.2 Å². The van der Waals surface area contributed by atoms with Crippen molar-refractivity contribution < 1.29 is 9.53 Å². The molecule has 1 rings (SSSR count). The van der Waals surface area contributed by atoms with Gasteiger partial charge in [0.1, 0.15) is 6.04 Å². The van der Waals surface area contributed by atoms with Crippen molar-refractivity contribution in [3.05, 3.63) is 0 Å². The maximum absolute atomic E-state index is 12.0. The summed E-state index contributed by atoms with van der Waals surface area (Å²) in [5, 5.41) is 3.27. The molecule has 0 bridgehead atoms. The summed E-state index contributed by atoms with van der Waals surface area (Å²) in [6, 6.07) is 0.461. The number of rotatable bonds is 8. The fourth-order valence-corrected chi connectivity index (χ4v) is 2.29. The minimum atomic E-state index is -0.0491. The highest BCUT2D eigenvalue weighted by Gasteiger charge is 2.33. The second-order valence-corrected chi connectivity index (χ2v) is 4.61. The number of nitrogens with zero attached hydrogens (tertiary/aromatic N) is 1. The molecule has 4 heteroatoms. The largest absolute Gasteiger partial charge is 0.465 e. The molecule has 100 valence electrons. The van der Waals surface area contributed by atoms with Gasteiger partial charge in [-0.15, -0.1) is 0 Å². The predicted molar refractivity (Wildman–Crippen MR) is 69.0 cm³/mol. The quantitative estimate of drug-likeness (QED) is 0.653. The lowest BCUT2D eigenvalue weighted by Crippen LogP contribution is -2.61. The normalized spacial score (nSPS) is 17.9. The van der Waals surface area contributed by atoms with Crippen LogP contribution in [0.4, 0.5) is 0 Å². The van der Waals surface area contributed by atoms with E-state index in [4.69, 9.17) is 4.74 Å². The molecule has 1 aliphatic rings. The summed E-state index contributed by atoms with van der Waals surface area (Å²) in [4.78, 5) is 14.3. The van der Waals surface area contributed by atoms with Gasteiger partial charge in [-0.3, -0.25) is 9.69 Å². The van der Waals surface area contributed by atoms with Crippen molar-refractivity contribution in [2.75, 3.05) is 26.2 Å². The standard InChI is InChI=1S/C13H26N2O2/c1-4-7-12(13(16)17-6-3)15(8-5-2)11-9-14-10-11/h11-12,14H,4-10H2,1-3H3. The molecule has 0 aromatic heterocycles. The van der Waals surface area contributed by atoms with Crippen LogP contribution < -0.4 is 5.32 Å². The molecule has 1 unspecified atom stereocenters. The monoisotopic (exact) mass is 242 g/mol. The average molecular weight is 242 g/mol. The van der Waals surface area contributed by atoms with Gasteiger partial charge in [-0.2, -0.15) is 0 Å². The van der Waals surface area contributed by atoms with Crippen LogP contribution in [0.2, 0.25) is 0 Å². The molecule has 1 fully saturated rings. The molecule has 0 radical (unpaired) electrons. The minimum absolute atomic E-state index is 0.0466. The van der Waals surface area contributed by atoms with E-state index in [9.17, 15) is 4.79 Å². The SMILES string of the molecule is CCCC(C(=O)OCC)N(CCC)C1CNC1. The molecule has 0 aliphatic carbocycles. The van der Waals surface area contributed by atoms with Crippen LogP contribution in [0, 0.1) is 0 Å². The van der Waals surface area contributed by atoms with Crippen LogP contribution in [0.1, 0.15) is 40.0 Å². The summed E-state index contributed by atoms with van der Waals surface area (Å²) in [5.41, 5.74) is 0. The number of esters is 1. The van der Waals surface area contributed by atoms with Gasteiger partial charge >= 0.3 is 5.97 Å². The van der Waals surface area contributed by atoms with Crippen molar-refractivity contribution in [1.29, 1.82) is 0 Å². The third-order valence-corrected chi connectivity index (χ3v) is 3.23. The summed E-state index contributed by atoms with van der Waals surface area (Å²) >= 11 is 0. The number of hydrogen-bond donors (Lipinski definition) is 1. The van der Waals surface area contributed by atoms with Crippen LogP contribution in [0.5, 0.6) is 0 Å². The lowest BCUT2D eigenvalue weighted by molar-refractivity contribution is -0.151. The molecule has 0 spiro atoms. The van der Waals surface area contributed by atoms with Crippen LogP contribution in [-0.4, -0.2) is 49.2 Å². The third-order valence-electron chi connectivity index (χ3n) is 3.23. The van der Waals surface area contributed by atoms with Crippen molar-refractivity contribution in [2.45, 2.75) is 52.1 Å². The van der Waals surface area contributed by atoms with Crippen LogP contribution in [0.3, 0.4) is 0 Å². The summed E-state index contributed by atoms with van der Waals surface area (Å²) < 4.78 is 5.20. The Morgan fingerprint density at radius 2 is 2.06 bits per heavy atom. The van der Waals surface area contributed by atoms with E-state index in [2.05, 4.69) is 24.1 Å². The molecule has 0 saturated carbocycles. The van der Waals surface area contributed by atoms with Crippen molar-refractivity contribution in [2.24, 2.45) is 0 Å². The van der Waals surface area contributed by atoms with E-state index in [-0.39, 0.29) is 12.0 Å². The Labute approximate surface area is 105 Å². The fourth-order valence-electron chi connectivity index (χ4n) is 2.29. The first kappa shape index (κ1) is 14.5. The summed E-state index contributed by atoms with van der Waals surface area (Å²) in [6.07, 6.45) is 3.00.